The predicted octanol–water partition coefficient (Wildman–Crippen LogP) is 4.53. The van der Waals surface area contributed by atoms with E-state index < -0.39 is 4.92 Å². The molecule has 1 unspecified atom stereocenters. The van der Waals surface area contributed by atoms with E-state index in [-0.39, 0.29) is 23.5 Å². The van der Waals surface area contributed by atoms with Crippen LogP contribution < -0.4 is 0 Å². The first kappa shape index (κ1) is 20.5. The van der Waals surface area contributed by atoms with Crippen LogP contribution in [0, 0.1) is 16.0 Å². The lowest BCUT2D eigenvalue weighted by molar-refractivity contribution is -0.384. The first-order valence-electron chi connectivity index (χ1n) is 9.27. The Morgan fingerprint density at radius 1 is 1.18 bits per heavy atom. The van der Waals surface area contributed by atoms with Crippen LogP contribution in [-0.2, 0) is 4.74 Å². The number of non-ortho nitro benzene ring substituents is 1. The molecule has 2 aromatic carbocycles. The van der Waals surface area contributed by atoms with Crippen LogP contribution in [0.2, 0.25) is 5.02 Å². The van der Waals surface area contributed by atoms with E-state index in [1.165, 1.54) is 12.1 Å². The molecule has 0 amide bonds. The zero-order valence-corrected chi connectivity index (χ0v) is 16.5. The molecule has 0 radical (unpaired) electrons. The number of nitrogens with zero attached hydrogens (tertiary/aromatic N) is 2. The lowest BCUT2D eigenvalue weighted by atomic mass is 9.88. The molecule has 0 saturated carbocycles. The average Bonchev–Trinajstić information content (AvgIpc) is 2.72. The van der Waals surface area contributed by atoms with Crippen molar-refractivity contribution in [2.45, 2.75) is 18.9 Å². The smallest absolute Gasteiger partial charge is 0.269 e. The molecule has 0 spiro atoms. The van der Waals surface area contributed by atoms with E-state index in [0.29, 0.717) is 17.1 Å². The van der Waals surface area contributed by atoms with Crippen molar-refractivity contribution in [1.29, 1.82) is 0 Å². The largest absolute Gasteiger partial charge is 0.375 e. The highest BCUT2D eigenvalue weighted by Gasteiger charge is 2.27. The second kappa shape index (κ2) is 9.28. The summed E-state index contributed by atoms with van der Waals surface area (Å²) in [5.41, 5.74) is 1.69. The highest BCUT2D eigenvalue weighted by Crippen LogP contribution is 2.26. The molecule has 0 bridgehead atoms. The summed E-state index contributed by atoms with van der Waals surface area (Å²) < 4.78 is 5.60. The summed E-state index contributed by atoms with van der Waals surface area (Å²) in [7, 11) is 1.64. The van der Waals surface area contributed by atoms with E-state index in [1.807, 2.05) is 0 Å². The number of rotatable bonds is 7. The quantitative estimate of drug-likeness (QED) is 0.386. The van der Waals surface area contributed by atoms with Crippen molar-refractivity contribution < 1.29 is 14.5 Å². The summed E-state index contributed by atoms with van der Waals surface area (Å²) in [5.74, 6) is 0.202. The standard InChI is InChI=1S/C21H23ClN2O4/c1-28-20(15-4-8-19(9-5-15)24(26)27)14-23-12-10-17(11-13-23)21(25)16-2-6-18(22)7-3-16/h2-9,17,20H,10-14H2,1H3. The predicted molar refractivity (Wildman–Crippen MR) is 108 cm³/mol. The molecule has 7 heteroatoms. The molecule has 1 fully saturated rings. The van der Waals surface area contributed by atoms with Gasteiger partial charge in [0.2, 0.25) is 0 Å². The van der Waals surface area contributed by atoms with Gasteiger partial charge in [0.15, 0.2) is 5.78 Å². The van der Waals surface area contributed by atoms with E-state index in [1.54, 1.807) is 43.5 Å². The van der Waals surface area contributed by atoms with Gasteiger partial charge < -0.3 is 9.64 Å². The van der Waals surface area contributed by atoms with Gasteiger partial charge in [-0.25, -0.2) is 0 Å². The maximum atomic E-state index is 12.7. The van der Waals surface area contributed by atoms with Gasteiger partial charge in [0.1, 0.15) is 0 Å². The molecule has 1 heterocycles. The number of hydrogen-bond acceptors (Lipinski definition) is 5. The van der Waals surface area contributed by atoms with Crippen LogP contribution in [0.25, 0.3) is 0 Å². The van der Waals surface area contributed by atoms with Crippen LogP contribution in [0.4, 0.5) is 5.69 Å². The van der Waals surface area contributed by atoms with Crippen LogP contribution in [0.1, 0.15) is 34.9 Å². The zero-order chi connectivity index (χ0) is 20.1. The van der Waals surface area contributed by atoms with Gasteiger partial charge in [-0.2, -0.15) is 0 Å². The van der Waals surface area contributed by atoms with Crippen molar-refractivity contribution >= 4 is 23.1 Å². The minimum atomic E-state index is -0.409. The number of ether oxygens (including phenoxy) is 1. The fraction of sp³-hybridized carbons (Fsp3) is 0.381. The summed E-state index contributed by atoms with van der Waals surface area (Å²) in [4.78, 5) is 25.3. The van der Waals surface area contributed by atoms with Crippen molar-refractivity contribution in [3.05, 3.63) is 74.8 Å². The summed E-state index contributed by atoms with van der Waals surface area (Å²) in [6.45, 7) is 2.32. The topological polar surface area (TPSA) is 72.7 Å². The van der Waals surface area contributed by atoms with E-state index in [9.17, 15) is 14.9 Å². The number of likely N-dealkylation sites (tertiary alicyclic amines) is 1. The lowest BCUT2D eigenvalue weighted by Crippen LogP contribution is -2.39. The Bertz CT molecular complexity index is 815. The summed E-state index contributed by atoms with van der Waals surface area (Å²) >= 11 is 5.89. The van der Waals surface area contributed by atoms with E-state index in [0.717, 1.165) is 31.5 Å². The molecule has 28 heavy (non-hydrogen) atoms. The Kier molecular flexibility index (Phi) is 6.78. The van der Waals surface area contributed by atoms with Crippen LogP contribution in [-0.4, -0.2) is 42.4 Å². The molecular weight excluding hydrogens is 380 g/mol. The van der Waals surface area contributed by atoms with Gasteiger partial charge in [0, 0.05) is 42.3 Å². The van der Waals surface area contributed by atoms with Gasteiger partial charge in [-0.1, -0.05) is 11.6 Å². The third-order valence-electron chi connectivity index (χ3n) is 5.27. The number of halogens is 1. The summed E-state index contributed by atoms with van der Waals surface area (Å²) in [6, 6.07) is 13.5. The van der Waals surface area contributed by atoms with Crippen molar-refractivity contribution in [1.82, 2.24) is 4.90 Å². The highest BCUT2D eigenvalue weighted by atomic mass is 35.5. The molecule has 1 atom stereocenters. The van der Waals surface area contributed by atoms with Gasteiger partial charge in [-0.05, 0) is 67.9 Å². The minimum absolute atomic E-state index is 0.0257. The van der Waals surface area contributed by atoms with Crippen LogP contribution in [0.5, 0.6) is 0 Å². The molecule has 1 aliphatic heterocycles. The molecule has 2 aromatic rings. The van der Waals surface area contributed by atoms with Gasteiger partial charge in [-0.15, -0.1) is 0 Å². The number of carbonyl (C=O) groups is 1. The summed E-state index contributed by atoms with van der Waals surface area (Å²) in [6.07, 6.45) is 1.44. The molecular formula is C21H23ClN2O4. The first-order valence-corrected chi connectivity index (χ1v) is 9.65. The normalized spacial score (nSPS) is 16.6. The van der Waals surface area contributed by atoms with Crippen molar-refractivity contribution in [3.63, 3.8) is 0 Å². The van der Waals surface area contributed by atoms with Gasteiger partial charge in [-0.3, -0.25) is 14.9 Å². The summed E-state index contributed by atoms with van der Waals surface area (Å²) in [5, 5.41) is 11.4. The fourth-order valence-corrected chi connectivity index (χ4v) is 3.71. The van der Waals surface area contributed by atoms with E-state index in [2.05, 4.69) is 4.90 Å². The second-order valence-corrected chi connectivity index (χ2v) is 7.46. The monoisotopic (exact) mass is 402 g/mol. The van der Waals surface area contributed by atoms with Gasteiger partial charge >= 0.3 is 0 Å². The third kappa shape index (κ3) is 4.95. The Morgan fingerprint density at radius 3 is 2.32 bits per heavy atom. The number of nitro groups is 1. The van der Waals surface area contributed by atoms with Crippen molar-refractivity contribution in [2.75, 3.05) is 26.7 Å². The van der Waals surface area contributed by atoms with Gasteiger partial charge in [0.25, 0.3) is 5.69 Å². The Morgan fingerprint density at radius 2 is 1.79 bits per heavy atom. The Hall–Kier alpha value is -2.28. The molecule has 0 aromatic heterocycles. The number of piperidine rings is 1. The Balaban J connectivity index is 1.55. The SMILES string of the molecule is COC(CN1CCC(C(=O)c2ccc(Cl)cc2)CC1)c1ccc([N+](=O)[O-])cc1. The highest BCUT2D eigenvalue weighted by molar-refractivity contribution is 6.30. The van der Waals surface area contributed by atoms with Crippen LogP contribution in [0.3, 0.4) is 0 Å². The average molecular weight is 403 g/mol. The number of hydrogen-bond donors (Lipinski definition) is 0. The minimum Gasteiger partial charge on any atom is -0.375 e. The number of methoxy groups -OCH3 is 1. The molecule has 3 rings (SSSR count). The fourth-order valence-electron chi connectivity index (χ4n) is 3.59. The van der Waals surface area contributed by atoms with E-state index in [4.69, 9.17) is 16.3 Å². The molecule has 0 N–H and O–H groups in total. The van der Waals surface area contributed by atoms with E-state index >= 15 is 0 Å². The second-order valence-electron chi connectivity index (χ2n) is 7.02. The third-order valence-corrected chi connectivity index (χ3v) is 5.52. The molecule has 0 aliphatic carbocycles. The zero-order valence-electron chi connectivity index (χ0n) is 15.7. The number of ketones is 1. The van der Waals surface area contributed by atoms with Crippen molar-refractivity contribution in [2.24, 2.45) is 5.92 Å². The number of nitro benzene ring substituents is 1. The van der Waals surface area contributed by atoms with Crippen LogP contribution >= 0.6 is 11.6 Å². The number of carbonyl (C=O) groups excluding carboxylic acids is 1. The number of Topliss-reactive ketones (excluding diaryl/α,β-unsaturated/α-hetero) is 1. The molecule has 148 valence electrons. The first-order chi connectivity index (χ1) is 13.5. The Labute approximate surface area is 169 Å². The molecule has 1 saturated heterocycles. The van der Waals surface area contributed by atoms with Crippen molar-refractivity contribution in [3.8, 4) is 0 Å². The van der Waals surface area contributed by atoms with Crippen LogP contribution in [0.15, 0.2) is 48.5 Å². The maximum Gasteiger partial charge on any atom is 0.269 e. The maximum absolute atomic E-state index is 12.7. The molecule has 1 aliphatic rings. The number of benzene rings is 2. The van der Waals surface area contributed by atoms with Gasteiger partial charge in [0.05, 0.1) is 11.0 Å². The molecule has 6 nitrogen and oxygen atoms in total. The lowest BCUT2D eigenvalue weighted by Gasteiger charge is -2.33.